The van der Waals surface area contributed by atoms with E-state index in [4.69, 9.17) is 14.2 Å². The number of hydrogen-bond donors (Lipinski definition) is 0. The van der Waals surface area contributed by atoms with Crippen molar-refractivity contribution >= 4 is 21.7 Å². The van der Waals surface area contributed by atoms with Gasteiger partial charge >= 0.3 is 5.97 Å². The molecule has 1 saturated heterocycles. The predicted molar refractivity (Wildman–Crippen MR) is 153 cm³/mol. The molecule has 0 N–H and O–H groups in total. The molecule has 1 heterocycles. The Morgan fingerprint density at radius 1 is 0.881 bits per heavy atom. The highest BCUT2D eigenvalue weighted by Gasteiger charge is 2.64. The number of esters is 1. The van der Waals surface area contributed by atoms with Gasteiger partial charge < -0.3 is 14.2 Å². The Morgan fingerprint density at radius 3 is 2.02 bits per heavy atom. The monoisotopic (exact) mass is 588 g/mol. The first kappa shape index (κ1) is 28.9. The van der Waals surface area contributed by atoms with E-state index >= 15 is 0 Å². The molecule has 4 aromatic carbocycles. The Morgan fingerprint density at radius 2 is 1.48 bits per heavy atom. The highest BCUT2D eigenvalue weighted by atomic mass is 32.2. The molecule has 216 valence electrons. The summed E-state index contributed by atoms with van der Waals surface area (Å²) in [6.45, 7) is 1.84. The number of non-ortho nitro benzene ring substituents is 1. The topological polar surface area (TPSA) is 125 Å². The molecule has 0 spiro atoms. The Labute approximate surface area is 243 Å². The Hall–Kier alpha value is -4.58. The summed E-state index contributed by atoms with van der Waals surface area (Å²) < 4.78 is 47.6. The van der Waals surface area contributed by atoms with Crippen molar-refractivity contribution < 1.29 is 32.3 Å². The van der Waals surface area contributed by atoms with Crippen LogP contribution >= 0.6 is 0 Å². The number of rotatable bonds is 8. The first-order valence-electron chi connectivity index (χ1n) is 12.9. The molecule has 42 heavy (non-hydrogen) atoms. The number of sulfonamides is 1. The van der Waals surface area contributed by atoms with Crippen LogP contribution in [-0.2, 0) is 29.9 Å². The van der Waals surface area contributed by atoms with Crippen LogP contribution in [0.3, 0.4) is 0 Å². The highest BCUT2D eigenvalue weighted by Crippen LogP contribution is 2.57. The second-order valence-corrected chi connectivity index (χ2v) is 11.6. The maximum atomic E-state index is 14.6. The number of nitrogens with zero attached hydrogens (tertiary/aromatic N) is 2. The summed E-state index contributed by atoms with van der Waals surface area (Å²) in [6, 6.07) is 25.5. The molecule has 0 aromatic heterocycles. The normalized spacial score (nSPS) is 20.6. The third-order valence-corrected chi connectivity index (χ3v) is 9.10. The fourth-order valence-corrected chi connectivity index (χ4v) is 6.88. The van der Waals surface area contributed by atoms with E-state index < -0.39 is 38.8 Å². The molecule has 0 aliphatic carbocycles. The third-order valence-electron chi connectivity index (χ3n) is 7.28. The number of carbonyl (C=O) groups excluding carboxylic acids is 1. The second-order valence-electron chi connectivity index (χ2n) is 9.74. The van der Waals surface area contributed by atoms with Gasteiger partial charge in [-0.2, -0.15) is 4.31 Å². The summed E-state index contributed by atoms with van der Waals surface area (Å²) in [5.41, 5.74) is -0.254. The molecule has 0 unspecified atom stereocenters. The molecule has 0 amide bonds. The van der Waals surface area contributed by atoms with E-state index in [0.717, 1.165) is 9.87 Å². The first-order chi connectivity index (χ1) is 20.1. The van der Waals surface area contributed by atoms with E-state index in [-0.39, 0.29) is 10.6 Å². The minimum Gasteiger partial charge on any atom is -0.497 e. The molecule has 11 heteroatoms. The van der Waals surface area contributed by atoms with Crippen LogP contribution in [-0.4, -0.2) is 37.8 Å². The number of aryl methyl sites for hydroxylation is 1. The third kappa shape index (κ3) is 4.91. The van der Waals surface area contributed by atoms with Crippen LogP contribution in [0.4, 0.5) is 5.69 Å². The van der Waals surface area contributed by atoms with E-state index in [9.17, 15) is 23.3 Å². The molecule has 10 nitrogen and oxygen atoms in total. The number of ether oxygens (including phenoxy) is 3. The largest absolute Gasteiger partial charge is 0.497 e. The molecule has 0 radical (unpaired) electrons. The average Bonchev–Trinajstić information content (AvgIpc) is 3.39. The molecular formula is C31H28N2O8S. The van der Waals surface area contributed by atoms with Crippen LogP contribution in [0.2, 0.25) is 0 Å². The van der Waals surface area contributed by atoms with Crippen LogP contribution < -0.4 is 4.74 Å². The number of benzene rings is 4. The van der Waals surface area contributed by atoms with Gasteiger partial charge in [-0.25, -0.2) is 13.2 Å². The maximum absolute atomic E-state index is 14.6. The second kappa shape index (κ2) is 11.4. The quantitative estimate of drug-likeness (QED) is 0.151. The lowest BCUT2D eigenvalue weighted by Crippen LogP contribution is -2.45. The van der Waals surface area contributed by atoms with Crippen molar-refractivity contribution in [2.75, 3.05) is 14.2 Å². The van der Waals surface area contributed by atoms with Crippen LogP contribution in [0.5, 0.6) is 5.75 Å². The lowest BCUT2D eigenvalue weighted by atomic mass is 9.83. The Bertz CT molecular complexity index is 1690. The summed E-state index contributed by atoms with van der Waals surface area (Å²) in [5, 5.41) is 11.5. The molecule has 0 bridgehead atoms. The van der Waals surface area contributed by atoms with Gasteiger partial charge in [0.15, 0.2) is 6.23 Å². The van der Waals surface area contributed by atoms with Gasteiger partial charge in [0, 0.05) is 12.1 Å². The standard InChI is InChI=1S/C31H28N2O8S/c1-21-9-19-27(20-10-21)42(37,38)32-28(22-11-15-25(16-12-22)33(35)36)31(30(34)40-3,24-7-5-4-6-8-24)41-29(32)23-13-17-26(39-2)18-14-23/h4-20,28-29H,1-3H3/t28-,29-,31+/m1/s1. The Kier molecular flexibility index (Phi) is 7.83. The number of nitro groups is 1. The van der Waals surface area contributed by atoms with Gasteiger partial charge in [-0.05, 0) is 47.9 Å². The van der Waals surface area contributed by atoms with E-state index in [1.54, 1.807) is 66.7 Å². The van der Waals surface area contributed by atoms with Crippen molar-refractivity contribution in [1.29, 1.82) is 0 Å². The minimum atomic E-state index is -4.38. The Balaban J connectivity index is 1.84. The van der Waals surface area contributed by atoms with Gasteiger partial charge in [0.05, 0.1) is 30.1 Å². The number of methoxy groups -OCH3 is 2. The fraction of sp³-hybridized carbons (Fsp3) is 0.194. The van der Waals surface area contributed by atoms with Crippen LogP contribution in [0.1, 0.15) is 34.5 Å². The molecule has 3 atom stereocenters. The van der Waals surface area contributed by atoms with Gasteiger partial charge in [-0.15, -0.1) is 0 Å². The predicted octanol–water partition coefficient (Wildman–Crippen LogP) is 5.44. The molecule has 4 aromatic rings. The van der Waals surface area contributed by atoms with Gasteiger partial charge in [0.25, 0.3) is 5.69 Å². The molecule has 1 fully saturated rings. The van der Waals surface area contributed by atoms with E-state index in [1.165, 1.54) is 50.6 Å². The fourth-order valence-electron chi connectivity index (χ4n) is 5.19. The lowest BCUT2D eigenvalue weighted by molar-refractivity contribution is -0.384. The molecule has 5 rings (SSSR count). The van der Waals surface area contributed by atoms with Gasteiger partial charge in [0.1, 0.15) is 5.75 Å². The summed E-state index contributed by atoms with van der Waals surface area (Å²) in [7, 11) is -1.67. The van der Waals surface area contributed by atoms with Crippen molar-refractivity contribution in [3.8, 4) is 5.75 Å². The van der Waals surface area contributed by atoms with Crippen LogP contribution in [0, 0.1) is 17.0 Å². The SMILES string of the molecule is COC(=O)[C@@]1(c2ccccc2)O[C@H](c2ccc(OC)cc2)N(S(=O)(=O)c2ccc(C)cc2)[C@@H]1c1ccc([N+](=O)[O-])cc1. The zero-order valence-corrected chi connectivity index (χ0v) is 23.9. The minimum absolute atomic E-state index is 0.0177. The van der Waals surface area contributed by atoms with Crippen molar-refractivity contribution in [3.63, 3.8) is 0 Å². The van der Waals surface area contributed by atoms with E-state index in [0.29, 0.717) is 22.4 Å². The average molecular weight is 589 g/mol. The summed E-state index contributed by atoms with van der Waals surface area (Å²) in [6.07, 6.45) is -1.30. The lowest BCUT2D eigenvalue weighted by Gasteiger charge is -2.34. The van der Waals surface area contributed by atoms with Crippen LogP contribution in [0.15, 0.2) is 108 Å². The van der Waals surface area contributed by atoms with Gasteiger partial charge in [0.2, 0.25) is 15.6 Å². The molecule has 1 aliphatic heterocycles. The maximum Gasteiger partial charge on any atom is 0.345 e. The zero-order valence-electron chi connectivity index (χ0n) is 23.0. The van der Waals surface area contributed by atoms with Crippen molar-refractivity contribution in [3.05, 3.63) is 135 Å². The first-order valence-corrected chi connectivity index (χ1v) is 14.4. The number of hydrogen-bond acceptors (Lipinski definition) is 8. The highest BCUT2D eigenvalue weighted by molar-refractivity contribution is 7.89. The summed E-state index contributed by atoms with van der Waals surface area (Å²) in [5.74, 6) is -0.295. The molecule has 0 saturated carbocycles. The van der Waals surface area contributed by atoms with Gasteiger partial charge in [-0.3, -0.25) is 10.1 Å². The van der Waals surface area contributed by atoms with Crippen molar-refractivity contribution in [2.24, 2.45) is 0 Å². The van der Waals surface area contributed by atoms with Crippen molar-refractivity contribution in [2.45, 2.75) is 29.7 Å². The van der Waals surface area contributed by atoms with E-state index in [2.05, 4.69) is 0 Å². The van der Waals surface area contributed by atoms with Gasteiger partial charge in [-0.1, -0.05) is 72.3 Å². The summed E-state index contributed by atoms with van der Waals surface area (Å²) in [4.78, 5) is 24.8. The van der Waals surface area contributed by atoms with Crippen LogP contribution in [0.25, 0.3) is 0 Å². The zero-order chi connectivity index (χ0) is 30.1. The molecule has 1 aliphatic rings. The molecular weight excluding hydrogens is 560 g/mol. The number of carbonyl (C=O) groups is 1. The summed E-state index contributed by atoms with van der Waals surface area (Å²) >= 11 is 0. The smallest absolute Gasteiger partial charge is 0.345 e. The van der Waals surface area contributed by atoms with E-state index in [1.807, 2.05) is 6.92 Å². The van der Waals surface area contributed by atoms with Crippen molar-refractivity contribution in [1.82, 2.24) is 4.31 Å². The number of nitro benzene ring substituents is 1.